The number of hydrogen-bond acceptors (Lipinski definition) is 3. The Hall–Kier alpha value is -1.12. The molecule has 0 atom stereocenters. The minimum Gasteiger partial charge on any atom is -0.354 e. The largest absolute Gasteiger partial charge is 0.354 e. The number of nitrogens with one attached hydrogen (secondary N) is 1. The van der Waals surface area contributed by atoms with Crippen LogP contribution in [0.25, 0.3) is 0 Å². The van der Waals surface area contributed by atoms with Crippen molar-refractivity contribution in [1.29, 1.82) is 0 Å². The van der Waals surface area contributed by atoms with Crippen LogP contribution in [-0.2, 0) is 9.59 Å². The van der Waals surface area contributed by atoms with Crippen LogP contribution in [0.2, 0.25) is 0 Å². The molecule has 22 heavy (non-hydrogen) atoms. The number of amides is 2. The van der Waals surface area contributed by atoms with Gasteiger partial charge in [0.25, 0.3) is 0 Å². The van der Waals surface area contributed by atoms with E-state index in [1.807, 2.05) is 18.0 Å². The van der Waals surface area contributed by atoms with Gasteiger partial charge in [0.05, 0.1) is 0 Å². The van der Waals surface area contributed by atoms with E-state index in [1.54, 1.807) is 7.05 Å². The molecule has 0 aromatic carbocycles. The highest BCUT2D eigenvalue weighted by Gasteiger charge is 2.25. The normalized spacial score (nSPS) is 15.4. The molecule has 1 N–H and O–H groups in total. The van der Waals surface area contributed by atoms with Gasteiger partial charge in [0, 0.05) is 46.6 Å². The number of nitrogens with zero attached hydrogens (tertiary/aromatic N) is 3. The predicted octanol–water partition coefficient (Wildman–Crippen LogP) is 1.62. The first kappa shape index (κ1) is 20.9. The molecule has 0 saturated carbocycles. The van der Waals surface area contributed by atoms with E-state index in [1.165, 1.54) is 4.90 Å². The van der Waals surface area contributed by atoms with Crippen LogP contribution in [0.4, 0.5) is 0 Å². The van der Waals surface area contributed by atoms with Crippen LogP contribution < -0.4 is 5.32 Å². The zero-order valence-electron chi connectivity index (χ0n) is 13.5. The number of piperidine rings is 1. The molecule has 6 nitrogen and oxygen atoms in total. The Morgan fingerprint density at radius 1 is 1.41 bits per heavy atom. The highest BCUT2D eigenvalue weighted by molar-refractivity contribution is 14.0. The van der Waals surface area contributed by atoms with Crippen LogP contribution in [-0.4, -0.2) is 61.3 Å². The second-order valence-corrected chi connectivity index (χ2v) is 5.12. The number of halogens is 1. The Balaban J connectivity index is 0.00000441. The van der Waals surface area contributed by atoms with Crippen molar-refractivity contribution in [2.24, 2.45) is 4.99 Å². The Labute approximate surface area is 150 Å². The van der Waals surface area contributed by atoms with Crippen molar-refractivity contribution in [2.45, 2.75) is 32.1 Å². The number of carbonyl (C=O) groups excluding carboxylic acids is 2. The molecular formula is C15H27IN4O2. The molecular weight excluding hydrogens is 395 g/mol. The highest BCUT2D eigenvalue weighted by atomic mass is 127. The van der Waals surface area contributed by atoms with E-state index in [4.69, 9.17) is 0 Å². The van der Waals surface area contributed by atoms with Gasteiger partial charge in [-0.3, -0.25) is 19.5 Å². The predicted molar refractivity (Wildman–Crippen MR) is 99.4 cm³/mol. The quantitative estimate of drug-likeness (QED) is 0.169. The van der Waals surface area contributed by atoms with Gasteiger partial charge in [-0.25, -0.2) is 0 Å². The van der Waals surface area contributed by atoms with E-state index < -0.39 is 0 Å². The fourth-order valence-corrected chi connectivity index (χ4v) is 2.29. The van der Waals surface area contributed by atoms with Crippen LogP contribution in [0.5, 0.6) is 0 Å². The molecule has 2 amide bonds. The molecule has 1 aliphatic rings. The van der Waals surface area contributed by atoms with E-state index in [0.717, 1.165) is 25.3 Å². The van der Waals surface area contributed by atoms with E-state index in [-0.39, 0.29) is 35.8 Å². The standard InChI is InChI=1S/C15H26N4O2.HI/c1-4-5-6-11-18(3)15(16-2)17-10-12-19-13(20)8-7-9-14(19)21;/h4H,1,5-12H2,2-3H3,(H,16,17);1H. The summed E-state index contributed by atoms with van der Waals surface area (Å²) in [5.74, 6) is 0.640. The molecule has 1 saturated heterocycles. The fraction of sp³-hybridized carbons (Fsp3) is 0.667. The van der Waals surface area contributed by atoms with Crippen molar-refractivity contribution in [1.82, 2.24) is 15.1 Å². The van der Waals surface area contributed by atoms with Gasteiger partial charge in [-0.2, -0.15) is 0 Å². The Morgan fingerprint density at radius 2 is 2.05 bits per heavy atom. The average molecular weight is 422 g/mol. The van der Waals surface area contributed by atoms with E-state index in [2.05, 4.69) is 16.9 Å². The van der Waals surface area contributed by atoms with Gasteiger partial charge in [-0.1, -0.05) is 6.08 Å². The van der Waals surface area contributed by atoms with Crippen molar-refractivity contribution < 1.29 is 9.59 Å². The minimum absolute atomic E-state index is 0. The number of unbranched alkanes of at least 4 members (excludes halogenated alkanes) is 1. The number of likely N-dealkylation sites (tertiary alicyclic amines) is 1. The molecule has 1 rings (SSSR count). The van der Waals surface area contributed by atoms with Crippen molar-refractivity contribution in [3.05, 3.63) is 12.7 Å². The summed E-state index contributed by atoms with van der Waals surface area (Å²) in [5.41, 5.74) is 0. The number of carbonyl (C=O) groups is 2. The summed E-state index contributed by atoms with van der Waals surface area (Å²) in [4.78, 5) is 31.0. The third-order valence-electron chi connectivity index (χ3n) is 3.48. The highest BCUT2D eigenvalue weighted by Crippen LogP contribution is 2.11. The molecule has 0 radical (unpaired) electrons. The summed E-state index contributed by atoms with van der Waals surface area (Å²) < 4.78 is 0. The maximum atomic E-state index is 11.7. The lowest BCUT2D eigenvalue weighted by Gasteiger charge is -2.26. The fourth-order valence-electron chi connectivity index (χ4n) is 2.29. The molecule has 0 aliphatic carbocycles. The molecule has 1 aliphatic heterocycles. The first-order valence-corrected chi connectivity index (χ1v) is 7.46. The second kappa shape index (κ2) is 11.4. The molecule has 0 aromatic rings. The number of hydrogen-bond donors (Lipinski definition) is 1. The average Bonchev–Trinajstić information content (AvgIpc) is 2.46. The van der Waals surface area contributed by atoms with Gasteiger partial charge < -0.3 is 10.2 Å². The van der Waals surface area contributed by atoms with Crippen molar-refractivity contribution in [3.63, 3.8) is 0 Å². The molecule has 0 spiro atoms. The van der Waals surface area contributed by atoms with E-state index in [0.29, 0.717) is 32.4 Å². The van der Waals surface area contributed by atoms with Crippen LogP contribution in [0, 0.1) is 0 Å². The smallest absolute Gasteiger partial charge is 0.229 e. The van der Waals surface area contributed by atoms with Gasteiger partial charge in [0.15, 0.2) is 5.96 Å². The van der Waals surface area contributed by atoms with Crippen LogP contribution in [0.1, 0.15) is 32.1 Å². The van der Waals surface area contributed by atoms with Gasteiger partial charge in [0.1, 0.15) is 0 Å². The summed E-state index contributed by atoms with van der Waals surface area (Å²) in [7, 11) is 3.69. The molecule has 1 fully saturated rings. The maximum Gasteiger partial charge on any atom is 0.229 e. The SMILES string of the molecule is C=CCCCN(C)C(=NC)NCCN1C(=O)CCCC1=O.I. The maximum absolute atomic E-state index is 11.7. The Bertz CT molecular complexity index is 396. The summed E-state index contributed by atoms with van der Waals surface area (Å²) >= 11 is 0. The minimum atomic E-state index is -0.0672. The summed E-state index contributed by atoms with van der Waals surface area (Å²) in [5, 5.41) is 3.19. The first-order chi connectivity index (χ1) is 10.1. The second-order valence-electron chi connectivity index (χ2n) is 5.12. The van der Waals surface area contributed by atoms with Crippen LogP contribution in [0.15, 0.2) is 17.6 Å². The van der Waals surface area contributed by atoms with E-state index in [9.17, 15) is 9.59 Å². The molecule has 0 aromatic heterocycles. The van der Waals surface area contributed by atoms with Crippen molar-refractivity contribution in [2.75, 3.05) is 33.7 Å². The summed E-state index contributed by atoms with van der Waals surface area (Å²) in [6, 6.07) is 0. The van der Waals surface area contributed by atoms with Crippen LogP contribution in [0.3, 0.4) is 0 Å². The van der Waals surface area contributed by atoms with Gasteiger partial charge >= 0.3 is 0 Å². The number of guanidine groups is 1. The monoisotopic (exact) mass is 422 g/mol. The lowest BCUT2D eigenvalue weighted by Crippen LogP contribution is -2.47. The molecule has 126 valence electrons. The summed E-state index contributed by atoms with van der Waals surface area (Å²) in [6.07, 6.45) is 5.51. The first-order valence-electron chi connectivity index (χ1n) is 7.46. The van der Waals surface area contributed by atoms with Gasteiger partial charge in [0.2, 0.25) is 11.8 Å². The van der Waals surface area contributed by atoms with Crippen molar-refractivity contribution in [3.8, 4) is 0 Å². The van der Waals surface area contributed by atoms with Gasteiger partial charge in [-0.15, -0.1) is 30.6 Å². The Morgan fingerprint density at radius 3 is 2.59 bits per heavy atom. The number of rotatable bonds is 7. The third kappa shape index (κ3) is 6.76. The lowest BCUT2D eigenvalue weighted by molar-refractivity contribution is -0.147. The molecule has 0 bridgehead atoms. The third-order valence-corrected chi connectivity index (χ3v) is 3.48. The van der Waals surface area contributed by atoms with Crippen molar-refractivity contribution >= 4 is 41.8 Å². The zero-order valence-corrected chi connectivity index (χ0v) is 15.8. The summed E-state index contributed by atoms with van der Waals surface area (Å²) in [6.45, 7) is 5.51. The lowest BCUT2D eigenvalue weighted by atomic mass is 10.1. The van der Waals surface area contributed by atoms with E-state index >= 15 is 0 Å². The number of allylic oxidation sites excluding steroid dienone is 1. The number of imide groups is 1. The topological polar surface area (TPSA) is 65.0 Å². The molecule has 1 heterocycles. The van der Waals surface area contributed by atoms with Crippen LogP contribution >= 0.6 is 24.0 Å². The Kier molecular flexibility index (Phi) is 10.9. The molecule has 0 unspecified atom stereocenters. The molecule has 7 heteroatoms. The zero-order chi connectivity index (χ0) is 15.7. The number of aliphatic imine (C=N–C) groups is 1. The van der Waals surface area contributed by atoms with Gasteiger partial charge in [-0.05, 0) is 19.3 Å².